The van der Waals surface area contributed by atoms with Crippen LogP contribution in [0.1, 0.15) is 19.3 Å². The van der Waals surface area contributed by atoms with Gasteiger partial charge in [-0.25, -0.2) is 0 Å². The van der Waals surface area contributed by atoms with E-state index < -0.39 is 0 Å². The molecule has 1 aliphatic heterocycles. The second-order valence-electron chi connectivity index (χ2n) is 6.15. The molecule has 14 heavy (non-hydrogen) atoms. The van der Waals surface area contributed by atoms with Gasteiger partial charge < -0.3 is 9.53 Å². The Kier molecular flexibility index (Phi) is 0.853. The molecule has 4 aliphatic carbocycles. The average molecular weight is 190 g/mol. The van der Waals surface area contributed by atoms with Gasteiger partial charge in [0.2, 0.25) is 0 Å². The number of epoxide rings is 1. The maximum absolute atomic E-state index is 10.7. The lowest BCUT2D eigenvalue weighted by atomic mass is 9.57. The first kappa shape index (κ1) is 7.00. The van der Waals surface area contributed by atoms with Crippen LogP contribution in [-0.4, -0.2) is 18.5 Å². The first-order chi connectivity index (χ1) is 6.87. The summed E-state index contributed by atoms with van der Waals surface area (Å²) in [4.78, 5) is 10.7. The van der Waals surface area contributed by atoms with Crippen molar-refractivity contribution in [2.24, 2.45) is 35.0 Å². The number of carbonyl (C=O) groups excluding carboxylic acids is 1. The zero-order valence-electron chi connectivity index (χ0n) is 8.06. The number of rotatable bonds is 2. The highest BCUT2D eigenvalue weighted by atomic mass is 16.6. The van der Waals surface area contributed by atoms with Crippen LogP contribution in [0.4, 0.5) is 0 Å². The Morgan fingerprint density at radius 2 is 2.21 bits per heavy atom. The summed E-state index contributed by atoms with van der Waals surface area (Å²) in [5, 5.41) is 0. The van der Waals surface area contributed by atoms with Gasteiger partial charge in [0.15, 0.2) is 0 Å². The maximum Gasteiger partial charge on any atom is 0.120 e. The van der Waals surface area contributed by atoms with Gasteiger partial charge in [-0.2, -0.15) is 0 Å². The minimum Gasteiger partial charge on any atom is -0.369 e. The summed E-state index contributed by atoms with van der Waals surface area (Å²) in [6.45, 7) is 0. The van der Waals surface area contributed by atoms with Crippen LogP contribution in [-0.2, 0) is 9.53 Å². The Morgan fingerprint density at radius 1 is 1.36 bits per heavy atom. The highest BCUT2D eigenvalue weighted by Crippen LogP contribution is 2.86. The molecule has 1 heterocycles. The molecule has 2 heteroatoms. The second kappa shape index (κ2) is 1.71. The first-order valence-corrected chi connectivity index (χ1v) is 5.96. The Labute approximate surface area is 83.0 Å². The molecule has 0 radical (unpaired) electrons. The van der Waals surface area contributed by atoms with Gasteiger partial charge in [0.25, 0.3) is 0 Å². The smallest absolute Gasteiger partial charge is 0.120 e. The van der Waals surface area contributed by atoms with Crippen LogP contribution in [0, 0.1) is 35.0 Å². The molecule has 4 saturated carbocycles. The van der Waals surface area contributed by atoms with E-state index in [1.165, 1.54) is 12.8 Å². The van der Waals surface area contributed by atoms with Gasteiger partial charge in [-0.05, 0) is 47.8 Å². The Morgan fingerprint density at radius 3 is 3.07 bits per heavy atom. The third-order valence-corrected chi connectivity index (χ3v) is 6.09. The summed E-state index contributed by atoms with van der Waals surface area (Å²) in [7, 11) is 0. The van der Waals surface area contributed by atoms with E-state index in [1.54, 1.807) is 0 Å². The summed E-state index contributed by atoms with van der Waals surface area (Å²) in [6, 6.07) is 0. The van der Waals surface area contributed by atoms with Crippen LogP contribution in [0.3, 0.4) is 0 Å². The van der Waals surface area contributed by atoms with Crippen molar-refractivity contribution in [3.63, 3.8) is 0 Å². The second-order valence-corrected chi connectivity index (χ2v) is 6.15. The quantitative estimate of drug-likeness (QED) is 0.372. The lowest BCUT2D eigenvalue weighted by Crippen LogP contribution is -2.45. The zero-order chi connectivity index (χ0) is 9.08. The molecule has 5 aliphatic rings. The molecule has 2 bridgehead atoms. The molecular formula is C12H14O2. The number of hydrogen-bond donors (Lipinski definition) is 0. The Hall–Kier alpha value is -0.370. The highest BCUT2D eigenvalue weighted by Gasteiger charge is 2.84. The number of ether oxygens (including phenoxy) is 1. The summed E-state index contributed by atoms with van der Waals surface area (Å²) in [6.07, 6.45) is 6.10. The Bertz CT molecular complexity index is 350. The van der Waals surface area contributed by atoms with Gasteiger partial charge in [-0.3, -0.25) is 0 Å². The van der Waals surface area contributed by atoms with E-state index in [4.69, 9.17) is 4.74 Å². The molecule has 8 atom stereocenters. The molecule has 0 amide bonds. The van der Waals surface area contributed by atoms with Gasteiger partial charge in [-0.15, -0.1) is 0 Å². The normalized spacial score (nSPS) is 74.4. The highest BCUT2D eigenvalue weighted by molar-refractivity contribution is 5.54. The SMILES string of the molecule is O=CCC12CC1C1C3CC(C4OC34)C12. The predicted molar refractivity (Wildman–Crippen MR) is 48.5 cm³/mol. The first-order valence-electron chi connectivity index (χ1n) is 5.96. The average Bonchev–Trinajstić information content (AvgIpc) is 3.00. The molecule has 74 valence electrons. The predicted octanol–water partition coefficient (Wildman–Crippen LogP) is 1.24. The van der Waals surface area contributed by atoms with Crippen molar-refractivity contribution in [2.45, 2.75) is 31.5 Å². The maximum atomic E-state index is 10.7. The van der Waals surface area contributed by atoms with Gasteiger partial charge in [-0.1, -0.05) is 0 Å². The van der Waals surface area contributed by atoms with Crippen molar-refractivity contribution in [2.75, 3.05) is 0 Å². The van der Waals surface area contributed by atoms with Crippen LogP contribution in [0.25, 0.3) is 0 Å². The molecule has 0 aromatic carbocycles. The lowest BCUT2D eigenvalue weighted by Gasteiger charge is -2.45. The van der Waals surface area contributed by atoms with Gasteiger partial charge >= 0.3 is 0 Å². The number of hydrogen-bond acceptors (Lipinski definition) is 2. The summed E-state index contributed by atoms with van der Waals surface area (Å²) < 4.78 is 5.72. The van der Waals surface area contributed by atoms with E-state index in [0.29, 0.717) is 17.6 Å². The van der Waals surface area contributed by atoms with Crippen LogP contribution in [0.15, 0.2) is 0 Å². The van der Waals surface area contributed by atoms with E-state index in [0.717, 1.165) is 42.3 Å². The molecular weight excluding hydrogens is 176 g/mol. The summed E-state index contributed by atoms with van der Waals surface area (Å²) in [5.74, 6) is 4.56. The molecule has 5 fully saturated rings. The van der Waals surface area contributed by atoms with E-state index in [9.17, 15) is 4.79 Å². The fourth-order valence-corrected chi connectivity index (χ4v) is 5.71. The van der Waals surface area contributed by atoms with Crippen LogP contribution >= 0.6 is 0 Å². The molecule has 1 saturated heterocycles. The molecule has 0 aromatic rings. The standard InChI is InChI=1S/C12H14O2/c13-2-1-12-4-7(12)8-5-3-6(9(8)12)11-10(5)14-11/h2,5-11H,1,3-4H2. The van der Waals surface area contributed by atoms with E-state index in [2.05, 4.69) is 0 Å². The Balaban J connectivity index is 1.56. The number of carbonyl (C=O) groups is 1. The third-order valence-electron chi connectivity index (χ3n) is 6.09. The zero-order valence-corrected chi connectivity index (χ0v) is 8.06. The summed E-state index contributed by atoms with van der Waals surface area (Å²) in [5.41, 5.74) is 0.503. The van der Waals surface area contributed by atoms with Gasteiger partial charge in [0.1, 0.15) is 6.29 Å². The summed E-state index contributed by atoms with van der Waals surface area (Å²) >= 11 is 0. The molecule has 5 rings (SSSR count). The largest absolute Gasteiger partial charge is 0.369 e. The van der Waals surface area contributed by atoms with Crippen LogP contribution < -0.4 is 0 Å². The van der Waals surface area contributed by atoms with Crippen LogP contribution in [0.2, 0.25) is 0 Å². The van der Waals surface area contributed by atoms with E-state index in [1.807, 2.05) is 0 Å². The van der Waals surface area contributed by atoms with Crippen molar-refractivity contribution >= 4 is 6.29 Å². The monoisotopic (exact) mass is 190 g/mol. The van der Waals surface area contributed by atoms with Gasteiger partial charge in [0, 0.05) is 6.42 Å². The van der Waals surface area contributed by atoms with E-state index in [-0.39, 0.29) is 0 Å². The van der Waals surface area contributed by atoms with Crippen molar-refractivity contribution in [1.82, 2.24) is 0 Å². The molecule has 0 spiro atoms. The fraction of sp³-hybridized carbons (Fsp3) is 0.917. The number of fused-ring (bicyclic) bond motifs is 11. The van der Waals surface area contributed by atoms with Crippen molar-refractivity contribution in [3.8, 4) is 0 Å². The van der Waals surface area contributed by atoms with Crippen molar-refractivity contribution in [3.05, 3.63) is 0 Å². The van der Waals surface area contributed by atoms with E-state index >= 15 is 0 Å². The molecule has 0 aromatic heterocycles. The minimum atomic E-state index is 0.503. The minimum absolute atomic E-state index is 0.503. The third kappa shape index (κ3) is 0.474. The lowest BCUT2D eigenvalue weighted by molar-refractivity contribution is -0.111. The molecule has 2 nitrogen and oxygen atoms in total. The number of aldehydes is 1. The fourth-order valence-electron chi connectivity index (χ4n) is 5.71. The molecule has 0 N–H and O–H groups in total. The van der Waals surface area contributed by atoms with Crippen molar-refractivity contribution in [1.29, 1.82) is 0 Å². The van der Waals surface area contributed by atoms with Crippen molar-refractivity contribution < 1.29 is 9.53 Å². The topological polar surface area (TPSA) is 29.6 Å². The van der Waals surface area contributed by atoms with Crippen LogP contribution in [0.5, 0.6) is 0 Å². The molecule has 8 unspecified atom stereocenters. The van der Waals surface area contributed by atoms with Gasteiger partial charge in [0.05, 0.1) is 12.2 Å².